The molecule has 8 nitrogen and oxygen atoms in total. The molecule has 3 aromatic heterocycles. The summed E-state index contributed by atoms with van der Waals surface area (Å²) < 4.78 is 24.8. The Morgan fingerprint density at radius 2 is 1.72 bits per heavy atom. The maximum absolute atomic E-state index is 15.2. The number of hydrogen-bond donors (Lipinski definition) is 0. The van der Waals surface area contributed by atoms with Crippen LogP contribution in [0.15, 0.2) is 82.5 Å². The minimum Gasteiger partial charge on any atom is -0.369 e. The Kier molecular flexibility index (Phi) is 6.30. The molecular weight excluding hydrogens is 461 g/mol. The summed E-state index contributed by atoms with van der Waals surface area (Å²) in [6.45, 7) is 4.44. The van der Waals surface area contributed by atoms with Gasteiger partial charge in [0.2, 0.25) is 0 Å². The van der Waals surface area contributed by atoms with Crippen LogP contribution in [0.1, 0.15) is 23.9 Å². The lowest BCUT2D eigenvalue weighted by Gasteiger charge is -2.10. The first-order chi connectivity index (χ1) is 17.5. The third kappa shape index (κ3) is 4.25. The highest BCUT2D eigenvalue weighted by Crippen LogP contribution is 2.18. The molecule has 0 aliphatic heterocycles. The quantitative estimate of drug-likeness (QED) is 0.349. The molecule has 0 spiro atoms. The molecule has 0 saturated heterocycles. The van der Waals surface area contributed by atoms with Crippen molar-refractivity contribution < 1.29 is 9.13 Å². The highest BCUT2D eigenvalue weighted by atomic mass is 19.1. The molecule has 0 aliphatic rings. The predicted molar refractivity (Wildman–Crippen MR) is 134 cm³/mol. The number of rotatable bonds is 7. The van der Waals surface area contributed by atoms with Gasteiger partial charge in [-0.15, -0.1) is 5.10 Å². The van der Waals surface area contributed by atoms with Gasteiger partial charge in [-0.05, 0) is 43.2 Å². The predicted octanol–water partition coefficient (Wildman–Crippen LogP) is 3.92. The van der Waals surface area contributed by atoms with Crippen molar-refractivity contribution in [3.05, 3.63) is 117 Å². The fraction of sp³-hybridized carbons (Fsp3) is 0.185. The zero-order chi connectivity index (χ0) is 25.2. The average molecular weight is 486 g/mol. The van der Waals surface area contributed by atoms with E-state index in [4.69, 9.17) is 4.74 Å². The van der Waals surface area contributed by atoms with Crippen LogP contribution in [-0.2, 0) is 24.5 Å². The fourth-order valence-corrected chi connectivity index (χ4v) is 4.14. The van der Waals surface area contributed by atoms with Crippen LogP contribution >= 0.6 is 0 Å². The van der Waals surface area contributed by atoms with Gasteiger partial charge in [0.25, 0.3) is 5.56 Å². The number of benzene rings is 2. The number of fused-ring (bicyclic) bond motifs is 1. The van der Waals surface area contributed by atoms with E-state index in [0.29, 0.717) is 24.7 Å². The molecule has 5 rings (SSSR count). The topological polar surface area (TPSA) is 83.9 Å². The molecular formula is C27H24FN5O3. The highest BCUT2D eigenvalue weighted by molar-refractivity contribution is 5.79. The molecule has 0 unspecified atom stereocenters. The molecule has 0 amide bonds. The molecule has 0 radical (unpaired) electrons. The first kappa shape index (κ1) is 23.4. The molecule has 182 valence electrons. The number of nitrogens with zero attached hydrogens (tertiary/aromatic N) is 5. The average Bonchev–Trinajstić information content (AvgIpc) is 3.20. The van der Waals surface area contributed by atoms with Crippen molar-refractivity contribution in [1.82, 2.24) is 23.9 Å². The third-order valence-corrected chi connectivity index (χ3v) is 5.99. The van der Waals surface area contributed by atoms with Crippen LogP contribution < -0.4 is 11.2 Å². The van der Waals surface area contributed by atoms with Crippen LogP contribution in [0.25, 0.3) is 22.4 Å². The molecule has 2 aromatic carbocycles. The number of para-hydroxylation sites is 1. The fourth-order valence-electron chi connectivity index (χ4n) is 4.14. The Morgan fingerprint density at radius 3 is 2.47 bits per heavy atom. The summed E-state index contributed by atoms with van der Waals surface area (Å²) in [5, 5.41) is 4.41. The zero-order valence-corrected chi connectivity index (χ0v) is 19.9. The summed E-state index contributed by atoms with van der Waals surface area (Å²) in [6, 6.07) is 19.8. The second-order valence-electron chi connectivity index (χ2n) is 8.34. The minimum absolute atomic E-state index is 0.0707. The zero-order valence-electron chi connectivity index (χ0n) is 19.9. The summed E-state index contributed by atoms with van der Waals surface area (Å²) in [5.74, 6) is -0.728. The van der Waals surface area contributed by atoms with Gasteiger partial charge in [-0.25, -0.2) is 14.2 Å². The summed E-state index contributed by atoms with van der Waals surface area (Å²) in [5.41, 5.74) is 1.92. The van der Waals surface area contributed by atoms with Crippen LogP contribution in [0.2, 0.25) is 0 Å². The molecule has 0 bridgehead atoms. The summed E-state index contributed by atoms with van der Waals surface area (Å²) >= 11 is 0. The first-order valence-electron chi connectivity index (χ1n) is 11.6. The lowest BCUT2D eigenvalue weighted by Crippen LogP contribution is -2.26. The van der Waals surface area contributed by atoms with Gasteiger partial charge >= 0.3 is 5.69 Å². The van der Waals surface area contributed by atoms with Crippen molar-refractivity contribution in [1.29, 1.82) is 0 Å². The third-order valence-electron chi connectivity index (χ3n) is 5.99. The van der Waals surface area contributed by atoms with E-state index in [1.54, 1.807) is 19.2 Å². The van der Waals surface area contributed by atoms with Crippen LogP contribution in [0.3, 0.4) is 0 Å². The van der Waals surface area contributed by atoms with E-state index < -0.39 is 17.1 Å². The number of pyridine rings is 2. The van der Waals surface area contributed by atoms with Crippen LogP contribution in [0.4, 0.5) is 4.39 Å². The van der Waals surface area contributed by atoms with Crippen LogP contribution in [-0.4, -0.2) is 23.9 Å². The largest absolute Gasteiger partial charge is 0.369 e. The van der Waals surface area contributed by atoms with Crippen molar-refractivity contribution >= 4 is 10.9 Å². The molecule has 0 N–H and O–H groups in total. The van der Waals surface area contributed by atoms with E-state index in [1.807, 2.05) is 61.5 Å². The maximum atomic E-state index is 15.2. The Bertz CT molecular complexity index is 1670. The minimum atomic E-state index is -0.818. The van der Waals surface area contributed by atoms with E-state index in [-0.39, 0.29) is 23.3 Å². The second kappa shape index (κ2) is 9.71. The van der Waals surface area contributed by atoms with E-state index in [9.17, 15) is 9.59 Å². The van der Waals surface area contributed by atoms with Crippen molar-refractivity contribution in [3.63, 3.8) is 0 Å². The van der Waals surface area contributed by atoms with Gasteiger partial charge in [0.05, 0.1) is 23.2 Å². The maximum Gasteiger partial charge on any atom is 0.352 e. The van der Waals surface area contributed by atoms with Gasteiger partial charge in [0.1, 0.15) is 6.61 Å². The van der Waals surface area contributed by atoms with Crippen molar-refractivity contribution in [2.45, 2.75) is 33.6 Å². The molecule has 0 atom stereocenters. The summed E-state index contributed by atoms with van der Waals surface area (Å²) in [7, 11) is 0. The van der Waals surface area contributed by atoms with E-state index >= 15 is 4.39 Å². The normalized spacial score (nSPS) is 11.3. The van der Waals surface area contributed by atoms with Gasteiger partial charge in [-0.1, -0.05) is 48.5 Å². The summed E-state index contributed by atoms with van der Waals surface area (Å²) in [4.78, 5) is 30.5. The molecule has 3 heterocycles. The Hall–Kier alpha value is -4.37. The molecule has 0 fully saturated rings. The van der Waals surface area contributed by atoms with E-state index in [1.165, 1.54) is 9.13 Å². The first-order valence-corrected chi connectivity index (χ1v) is 11.6. The van der Waals surface area contributed by atoms with Gasteiger partial charge in [0, 0.05) is 12.7 Å². The van der Waals surface area contributed by atoms with Crippen molar-refractivity contribution in [2.75, 3.05) is 0 Å². The van der Waals surface area contributed by atoms with Gasteiger partial charge in [-0.2, -0.15) is 4.68 Å². The standard InChI is InChI=1S/C27H24FN5O3/c1-3-31-24(17-36-16-19-10-5-4-6-11-19)30-33(27(31)35)25-21(28)15-20-22(29-25)13-14-32(26(20)34)23-12-8-7-9-18(23)2/h4-15H,3,16-17H2,1-2H3. The van der Waals surface area contributed by atoms with E-state index in [0.717, 1.165) is 21.9 Å². The van der Waals surface area contributed by atoms with Gasteiger partial charge < -0.3 is 4.74 Å². The Balaban J connectivity index is 1.51. The monoisotopic (exact) mass is 485 g/mol. The van der Waals surface area contributed by atoms with Crippen LogP contribution in [0.5, 0.6) is 0 Å². The molecule has 5 aromatic rings. The van der Waals surface area contributed by atoms with Gasteiger partial charge in [0.15, 0.2) is 17.5 Å². The number of aryl methyl sites for hydroxylation is 1. The Morgan fingerprint density at radius 1 is 0.972 bits per heavy atom. The molecule has 0 aliphatic carbocycles. The molecule has 36 heavy (non-hydrogen) atoms. The molecule has 9 heteroatoms. The van der Waals surface area contributed by atoms with Crippen molar-refractivity contribution in [3.8, 4) is 11.5 Å². The van der Waals surface area contributed by atoms with Crippen LogP contribution in [0, 0.1) is 12.7 Å². The Labute approximate surface area is 205 Å². The smallest absolute Gasteiger partial charge is 0.352 e. The number of halogens is 1. The summed E-state index contributed by atoms with van der Waals surface area (Å²) in [6.07, 6.45) is 1.60. The number of aromatic nitrogens is 5. The van der Waals surface area contributed by atoms with Gasteiger partial charge in [-0.3, -0.25) is 13.9 Å². The highest BCUT2D eigenvalue weighted by Gasteiger charge is 2.19. The lowest BCUT2D eigenvalue weighted by atomic mass is 10.2. The SMILES string of the molecule is CCn1c(COCc2ccccc2)nn(-c2nc3ccn(-c4ccccc4C)c(=O)c3cc2F)c1=O. The lowest BCUT2D eigenvalue weighted by molar-refractivity contribution is 0.0989. The second-order valence-corrected chi connectivity index (χ2v) is 8.34. The number of hydrogen-bond acceptors (Lipinski definition) is 5. The van der Waals surface area contributed by atoms with Crippen molar-refractivity contribution in [2.24, 2.45) is 0 Å². The molecule has 0 saturated carbocycles. The number of ether oxygens (including phenoxy) is 1. The van der Waals surface area contributed by atoms with E-state index in [2.05, 4.69) is 10.1 Å².